The van der Waals surface area contributed by atoms with E-state index in [1.807, 2.05) is 0 Å². The molecule has 6 heteroatoms. The highest BCUT2D eigenvalue weighted by molar-refractivity contribution is 6.01. The van der Waals surface area contributed by atoms with Crippen molar-refractivity contribution in [3.63, 3.8) is 0 Å². The zero-order valence-electron chi connectivity index (χ0n) is 10.3. The Balaban J connectivity index is 2.14. The first kappa shape index (κ1) is 13.7. The van der Waals surface area contributed by atoms with Gasteiger partial charge >= 0.3 is 5.97 Å². The maximum Gasteiger partial charge on any atom is 0.337 e. The van der Waals surface area contributed by atoms with Gasteiger partial charge in [-0.1, -0.05) is 6.07 Å². The molecule has 1 aromatic heterocycles. The van der Waals surface area contributed by atoms with Gasteiger partial charge in [-0.05, 0) is 29.8 Å². The summed E-state index contributed by atoms with van der Waals surface area (Å²) in [6, 6.07) is 6.60. The second-order valence-corrected chi connectivity index (χ2v) is 4.08. The molecule has 1 aromatic carbocycles. The molecule has 0 spiro atoms. The Labute approximate surface area is 114 Å². The van der Waals surface area contributed by atoms with Crippen LogP contribution in [0.1, 0.15) is 15.9 Å². The Kier molecular flexibility index (Phi) is 4.05. The number of aromatic nitrogens is 1. The molecule has 1 heterocycles. The van der Waals surface area contributed by atoms with E-state index < -0.39 is 17.7 Å². The number of anilines is 1. The molecule has 0 bridgehead atoms. The molecule has 0 saturated carbocycles. The molecule has 20 heavy (non-hydrogen) atoms. The van der Waals surface area contributed by atoms with E-state index in [0.717, 1.165) is 12.1 Å². The van der Waals surface area contributed by atoms with Crippen LogP contribution in [0.4, 0.5) is 10.1 Å². The molecule has 0 unspecified atom stereocenters. The number of pyridine rings is 1. The number of rotatable bonds is 4. The summed E-state index contributed by atoms with van der Waals surface area (Å²) in [4.78, 5) is 26.7. The molecule has 2 N–H and O–H groups in total. The van der Waals surface area contributed by atoms with E-state index >= 15 is 0 Å². The molecule has 2 aromatic rings. The van der Waals surface area contributed by atoms with Gasteiger partial charge in [0.05, 0.1) is 17.7 Å². The fraction of sp³-hybridized carbons (Fsp3) is 0.0714. The van der Waals surface area contributed by atoms with Crippen molar-refractivity contribution in [2.24, 2.45) is 0 Å². The van der Waals surface area contributed by atoms with Gasteiger partial charge in [0.15, 0.2) is 0 Å². The zero-order chi connectivity index (χ0) is 14.5. The second kappa shape index (κ2) is 5.92. The molecule has 0 aliphatic heterocycles. The highest BCUT2D eigenvalue weighted by Gasteiger charge is 2.13. The molecule has 0 saturated heterocycles. The van der Waals surface area contributed by atoms with Gasteiger partial charge in [-0.25, -0.2) is 9.18 Å². The lowest BCUT2D eigenvalue weighted by Crippen LogP contribution is -2.17. The molecule has 2 rings (SSSR count). The number of carbonyl (C=O) groups is 2. The molecular weight excluding hydrogens is 263 g/mol. The summed E-state index contributed by atoms with van der Waals surface area (Å²) in [6.07, 6.45) is 3.19. The van der Waals surface area contributed by atoms with Crippen LogP contribution < -0.4 is 5.32 Å². The van der Waals surface area contributed by atoms with E-state index in [9.17, 15) is 14.0 Å². The number of nitrogens with zero attached hydrogens (tertiary/aromatic N) is 1. The number of halogens is 1. The lowest BCUT2D eigenvalue weighted by atomic mass is 10.1. The van der Waals surface area contributed by atoms with Gasteiger partial charge in [-0.15, -0.1) is 0 Å². The van der Waals surface area contributed by atoms with Crippen LogP contribution in [0, 0.1) is 5.82 Å². The van der Waals surface area contributed by atoms with Crippen molar-refractivity contribution in [2.45, 2.75) is 6.42 Å². The number of carboxylic acid groups (broad SMARTS) is 1. The fourth-order valence-corrected chi connectivity index (χ4v) is 1.68. The monoisotopic (exact) mass is 274 g/mol. The van der Waals surface area contributed by atoms with E-state index in [0.29, 0.717) is 5.56 Å². The molecule has 0 aliphatic rings. The lowest BCUT2D eigenvalue weighted by Gasteiger charge is -2.08. The standard InChI is InChI=1S/C14H11FN2O3/c15-10-3-4-12(11(7-10)14(19)20)17-13(18)6-9-2-1-5-16-8-9/h1-5,7-8H,6H2,(H,17,18)(H,19,20). The minimum Gasteiger partial charge on any atom is -0.478 e. The molecule has 0 radical (unpaired) electrons. The molecule has 102 valence electrons. The molecule has 0 atom stereocenters. The van der Waals surface area contributed by atoms with E-state index in [1.54, 1.807) is 24.5 Å². The van der Waals surface area contributed by atoms with Gasteiger partial charge in [0.25, 0.3) is 0 Å². The minimum absolute atomic E-state index is 0.0598. The van der Waals surface area contributed by atoms with Gasteiger partial charge in [0.1, 0.15) is 5.82 Å². The Hall–Kier alpha value is -2.76. The maximum atomic E-state index is 13.0. The smallest absolute Gasteiger partial charge is 0.337 e. The second-order valence-electron chi connectivity index (χ2n) is 4.08. The average molecular weight is 274 g/mol. The minimum atomic E-state index is -1.30. The van der Waals surface area contributed by atoms with Gasteiger partial charge in [0, 0.05) is 12.4 Å². The van der Waals surface area contributed by atoms with Crippen molar-refractivity contribution in [3.05, 3.63) is 59.7 Å². The predicted molar refractivity (Wildman–Crippen MR) is 69.9 cm³/mol. The Bertz CT molecular complexity index is 644. The Morgan fingerprint density at radius 1 is 1.30 bits per heavy atom. The lowest BCUT2D eigenvalue weighted by molar-refractivity contribution is -0.115. The molecule has 0 aliphatic carbocycles. The van der Waals surface area contributed by atoms with Crippen molar-refractivity contribution in [3.8, 4) is 0 Å². The summed E-state index contributed by atoms with van der Waals surface area (Å²) in [6.45, 7) is 0. The number of hydrogen-bond acceptors (Lipinski definition) is 3. The topological polar surface area (TPSA) is 79.3 Å². The zero-order valence-corrected chi connectivity index (χ0v) is 10.3. The van der Waals surface area contributed by atoms with Gasteiger partial charge in [-0.3, -0.25) is 9.78 Å². The third-order valence-electron chi connectivity index (χ3n) is 2.57. The number of aromatic carboxylic acids is 1. The van der Waals surface area contributed by atoms with E-state index in [1.165, 1.54) is 6.07 Å². The van der Waals surface area contributed by atoms with Crippen molar-refractivity contribution in [2.75, 3.05) is 5.32 Å². The molecular formula is C14H11FN2O3. The van der Waals surface area contributed by atoms with Crippen LogP contribution >= 0.6 is 0 Å². The van der Waals surface area contributed by atoms with Gasteiger partial charge < -0.3 is 10.4 Å². The number of carbonyl (C=O) groups excluding carboxylic acids is 1. The van der Waals surface area contributed by atoms with Gasteiger partial charge in [0.2, 0.25) is 5.91 Å². The van der Waals surface area contributed by atoms with Crippen LogP contribution in [0.2, 0.25) is 0 Å². The molecule has 1 amide bonds. The molecule has 5 nitrogen and oxygen atoms in total. The summed E-state index contributed by atoms with van der Waals surface area (Å²) >= 11 is 0. The maximum absolute atomic E-state index is 13.0. The van der Waals surface area contributed by atoms with Crippen LogP contribution in [0.3, 0.4) is 0 Å². The Morgan fingerprint density at radius 3 is 2.75 bits per heavy atom. The molecule has 0 fully saturated rings. The summed E-state index contributed by atoms with van der Waals surface area (Å²) in [5, 5.41) is 11.4. The number of benzene rings is 1. The number of carboxylic acids is 1. The SMILES string of the molecule is O=C(Cc1cccnc1)Nc1ccc(F)cc1C(=O)O. The highest BCUT2D eigenvalue weighted by Crippen LogP contribution is 2.17. The van der Waals surface area contributed by atoms with Crippen LogP contribution in [0.5, 0.6) is 0 Å². The van der Waals surface area contributed by atoms with Crippen molar-refractivity contribution >= 4 is 17.6 Å². The number of hydrogen-bond donors (Lipinski definition) is 2. The predicted octanol–water partition coefficient (Wildman–Crippen LogP) is 2.10. The van der Waals surface area contributed by atoms with E-state index in [4.69, 9.17) is 5.11 Å². The average Bonchev–Trinajstić information content (AvgIpc) is 2.41. The van der Waals surface area contributed by atoms with Crippen molar-refractivity contribution in [1.82, 2.24) is 4.98 Å². The fourth-order valence-electron chi connectivity index (χ4n) is 1.68. The largest absolute Gasteiger partial charge is 0.478 e. The first-order valence-electron chi connectivity index (χ1n) is 5.78. The summed E-state index contributed by atoms with van der Waals surface area (Å²) in [5.74, 6) is -2.37. The van der Waals surface area contributed by atoms with Crippen LogP contribution in [-0.2, 0) is 11.2 Å². The van der Waals surface area contributed by atoms with E-state index in [2.05, 4.69) is 10.3 Å². The summed E-state index contributed by atoms with van der Waals surface area (Å²) < 4.78 is 13.0. The third kappa shape index (κ3) is 3.38. The van der Waals surface area contributed by atoms with E-state index in [-0.39, 0.29) is 17.7 Å². The number of nitrogens with one attached hydrogen (secondary N) is 1. The summed E-state index contributed by atoms with van der Waals surface area (Å²) in [5.41, 5.74) is 0.473. The first-order chi connectivity index (χ1) is 9.56. The highest BCUT2D eigenvalue weighted by atomic mass is 19.1. The Morgan fingerprint density at radius 2 is 2.10 bits per heavy atom. The quantitative estimate of drug-likeness (QED) is 0.894. The van der Waals surface area contributed by atoms with Crippen molar-refractivity contribution < 1.29 is 19.1 Å². The normalized spacial score (nSPS) is 10.1. The van der Waals surface area contributed by atoms with Gasteiger partial charge in [-0.2, -0.15) is 0 Å². The van der Waals surface area contributed by atoms with Crippen molar-refractivity contribution in [1.29, 1.82) is 0 Å². The number of amides is 1. The van der Waals surface area contributed by atoms with Crippen LogP contribution in [0.15, 0.2) is 42.7 Å². The van der Waals surface area contributed by atoms with Crippen LogP contribution in [-0.4, -0.2) is 22.0 Å². The first-order valence-corrected chi connectivity index (χ1v) is 5.78. The third-order valence-corrected chi connectivity index (χ3v) is 2.57. The van der Waals surface area contributed by atoms with Crippen LogP contribution in [0.25, 0.3) is 0 Å². The summed E-state index contributed by atoms with van der Waals surface area (Å²) in [7, 11) is 0.